The number of aliphatic imine (C=N–C) groups is 2. The smallest absolute Gasteiger partial charge is 0.306 e. The zero-order valence-electron chi connectivity index (χ0n) is 35.1. The predicted molar refractivity (Wildman–Crippen MR) is 244 cm³/mol. The molecule has 6 heterocycles. The highest BCUT2D eigenvalue weighted by molar-refractivity contribution is 7.19. The van der Waals surface area contributed by atoms with Crippen molar-refractivity contribution in [3.05, 3.63) is 80.1 Å². The second kappa shape index (κ2) is 18.3. The summed E-state index contributed by atoms with van der Waals surface area (Å²) in [6.07, 6.45) is 11.0. The number of aliphatic carboxylic acids is 1. The van der Waals surface area contributed by atoms with Crippen molar-refractivity contribution in [1.29, 1.82) is 0 Å². The number of carbonyl (C=O) groups excluding carboxylic acids is 1. The fraction of sp³-hybridized carbons (Fsp3) is 0.378. The summed E-state index contributed by atoms with van der Waals surface area (Å²) in [5.74, 6) is 1.88. The maximum atomic E-state index is 13.2. The first-order valence-corrected chi connectivity index (χ1v) is 22.5. The Morgan fingerprint density at radius 3 is 1.76 bits per heavy atom. The van der Waals surface area contributed by atoms with Gasteiger partial charge in [-0.1, -0.05) is 0 Å². The van der Waals surface area contributed by atoms with E-state index < -0.39 is 5.97 Å². The van der Waals surface area contributed by atoms with Crippen LogP contribution in [0.3, 0.4) is 0 Å². The van der Waals surface area contributed by atoms with Gasteiger partial charge in [0.25, 0.3) is 0 Å². The number of anilines is 4. The summed E-state index contributed by atoms with van der Waals surface area (Å²) in [6.45, 7) is 2.55. The molecule has 0 saturated heterocycles. The lowest BCUT2D eigenvalue weighted by molar-refractivity contribution is -0.142. The summed E-state index contributed by atoms with van der Waals surface area (Å²) in [7, 11) is 4.93. The van der Waals surface area contributed by atoms with E-state index >= 15 is 0 Å². The number of benzene rings is 2. The Bertz CT molecular complexity index is 2790. The first-order chi connectivity index (χ1) is 30.8. The molecule has 16 nitrogen and oxygen atoms in total. The number of ether oxygens (including phenoxy) is 3. The Balaban J connectivity index is 0.000000164. The van der Waals surface area contributed by atoms with Crippen LogP contribution in [0, 0.1) is 11.8 Å². The van der Waals surface area contributed by atoms with Gasteiger partial charge in [-0.15, -0.1) is 22.7 Å². The van der Waals surface area contributed by atoms with E-state index in [0.717, 1.165) is 101 Å². The Labute approximate surface area is 371 Å². The van der Waals surface area contributed by atoms with Gasteiger partial charge >= 0.3 is 5.97 Å². The number of aliphatic hydroxyl groups excluding tert-OH is 1. The van der Waals surface area contributed by atoms with Gasteiger partial charge in [0.2, 0.25) is 5.91 Å². The van der Waals surface area contributed by atoms with Crippen molar-refractivity contribution >= 4 is 90.4 Å². The van der Waals surface area contributed by atoms with Gasteiger partial charge in [-0.25, -0.2) is 19.9 Å². The fourth-order valence-electron chi connectivity index (χ4n) is 8.81. The van der Waals surface area contributed by atoms with Crippen molar-refractivity contribution in [2.45, 2.75) is 51.6 Å². The third-order valence-corrected chi connectivity index (χ3v) is 14.4. The number of aliphatic hydroxyl groups is 1. The number of thiophene rings is 2. The van der Waals surface area contributed by atoms with Crippen LogP contribution >= 0.6 is 22.7 Å². The first-order valence-electron chi connectivity index (χ1n) is 20.8. The minimum atomic E-state index is -0.725. The molecule has 2 aliphatic carbocycles. The van der Waals surface area contributed by atoms with Gasteiger partial charge in [-0.3, -0.25) is 19.6 Å². The highest BCUT2D eigenvalue weighted by Gasteiger charge is 2.32. The second-order valence-electron chi connectivity index (χ2n) is 15.8. The molecule has 2 aromatic carbocycles. The average molecular weight is 890 g/mol. The maximum absolute atomic E-state index is 13.2. The highest BCUT2D eigenvalue weighted by atomic mass is 32.1. The molecule has 4 N–H and O–H groups in total. The van der Waals surface area contributed by atoms with Gasteiger partial charge in [0.15, 0.2) is 0 Å². The van der Waals surface area contributed by atoms with Crippen LogP contribution in [0.1, 0.15) is 56.0 Å². The monoisotopic (exact) mass is 889 g/mol. The van der Waals surface area contributed by atoms with Gasteiger partial charge in [-0.05, 0) is 96.2 Å². The molecule has 2 atom stereocenters. The molecule has 0 bridgehead atoms. The van der Waals surface area contributed by atoms with Gasteiger partial charge in [-0.2, -0.15) is 0 Å². The molecule has 326 valence electrons. The molecule has 0 fully saturated rings. The van der Waals surface area contributed by atoms with Crippen LogP contribution in [0.15, 0.2) is 46.9 Å². The van der Waals surface area contributed by atoms with Crippen LogP contribution < -0.4 is 20.1 Å². The number of hydrogen-bond donors (Lipinski definition) is 4. The number of nitrogens with one attached hydrogen (secondary N) is 2. The van der Waals surface area contributed by atoms with Crippen molar-refractivity contribution in [2.75, 3.05) is 58.3 Å². The quantitative estimate of drug-likeness (QED) is 0.0977. The van der Waals surface area contributed by atoms with Crippen molar-refractivity contribution in [3.63, 3.8) is 0 Å². The third kappa shape index (κ3) is 8.42. The Morgan fingerprint density at radius 1 is 0.746 bits per heavy atom. The number of methoxy groups -OCH3 is 3. The van der Waals surface area contributed by atoms with E-state index in [9.17, 15) is 19.8 Å². The lowest BCUT2D eigenvalue weighted by atomic mass is 9.86. The minimum Gasteiger partial charge on any atom is -0.495 e. The average Bonchev–Trinajstić information content (AvgIpc) is 4.11. The van der Waals surface area contributed by atoms with E-state index in [-0.39, 0.29) is 24.3 Å². The predicted octanol–water partition coefficient (Wildman–Crippen LogP) is 6.51. The van der Waals surface area contributed by atoms with Crippen molar-refractivity contribution in [3.8, 4) is 11.5 Å². The van der Waals surface area contributed by atoms with Gasteiger partial charge in [0.1, 0.15) is 45.5 Å². The number of carboxylic acid groups (broad SMARTS) is 1. The summed E-state index contributed by atoms with van der Waals surface area (Å²) in [5, 5.41) is 27.7. The number of amides is 1. The molecule has 4 aromatic heterocycles. The summed E-state index contributed by atoms with van der Waals surface area (Å²) in [4.78, 5) is 57.0. The molecule has 2 aliphatic heterocycles. The number of fused-ring (bicyclic) bond motifs is 8. The standard InChI is InChI=1S/C25H29N5O4S.C20H18N4O3S/c1-33-8-6-30(5-7-31)25(32)15-3-4-18-21(11-15)35-24-22(18)23(27-14-28-24)29-19-9-16-12-26-13-17(16)10-20(19)34-2;1-27-15-5-12-8-21-7-11(12)4-14(15)24-18-17-13-3-2-10(20(25)26)6-16(13)28-19(17)23-9-22-18/h9-10,12,14-15,31H,3-8,11,13H2,1-2H3,(H,27,28,29);4-5,7,9-10H,2-3,6,8H2,1H3,(H,25,26)(H,22,23,24). The number of aryl methyl sites for hydroxylation is 2. The number of carbonyl (C=O) groups is 2. The number of aromatic nitrogens is 4. The SMILES string of the molecule is COCCN(CCO)C(=O)C1CCc2c(sc3ncnc(Nc4cc5c(cc4OC)CN=C5)c23)C1.COc1cc2c(cc1Nc1ncnc3sc4c(c13)CCC(C(=O)O)C4)C=NC2. The van der Waals surface area contributed by atoms with Crippen LogP contribution in [-0.4, -0.2) is 107 Å². The lowest BCUT2D eigenvalue weighted by Crippen LogP contribution is -2.41. The van der Waals surface area contributed by atoms with Crippen molar-refractivity contribution in [2.24, 2.45) is 21.8 Å². The number of nitrogens with zero attached hydrogens (tertiary/aromatic N) is 7. The zero-order chi connectivity index (χ0) is 43.6. The number of hydrogen-bond acceptors (Lipinski definition) is 16. The van der Waals surface area contributed by atoms with Crippen LogP contribution in [-0.2, 0) is 53.1 Å². The fourth-order valence-corrected chi connectivity index (χ4v) is 11.3. The maximum Gasteiger partial charge on any atom is 0.306 e. The van der Waals surface area contributed by atoms with E-state index in [1.807, 2.05) is 36.7 Å². The first kappa shape index (κ1) is 42.2. The second-order valence-corrected chi connectivity index (χ2v) is 17.9. The Hall–Kier alpha value is -6.08. The van der Waals surface area contributed by atoms with Crippen molar-refractivity contribution in [1.82, 2.24) is 24.8 Å². The molecule has 6 aromatic rings. The van der Waals surface area contributed by atoms with E-state index in [0.29, 0.717) is 52.0 Å². The van der Waals surface area contributed by atoms with Gasteiger partial charge < -0.3 is 40.0 Å². The molecule has 0 spiro atoms. The minimum absolute atomic E-state index is 0.0566. The zero-order valence-corrected chi connectivity index (χ0v) is 36.8. The van der Waals surface area contributed by atoms with E-state index in [1.54, 1.807) is 61.6 Å². The summed E-state index contributed by atoms with van der Waals surface area (Å²) in [6, 6.07) is 8.09. The molecular weight excluding hydrogens is 843 g/mol. The molecule has 2 unspecified atom stereocenters. The van der Waals surface area contributed by atoms with Gasteiger partial charge in [0.05, 0.1) is 68.6 Å². The normalized spacial score (nSPS) is 16.8. The number of rotatable bonds is 13. The van der Waals surface area contributed by atoms with E-state index in [1.165, 1.54) is 16.0 Å². The molecule has 10 rings (SSSR count). The van der Waals surface area contributed by atoms with E-state index in [4.69, 9.17) is 14.2 Å². The Kier molecular flexibility index (Phi) is 12.3. The topological polar surface area (TPSA) is 206 Å². The molecule has 0 saturated carbocycles. The van der Waals surface area contributed by atoms with Crippen LogP contribution in [0.4, 0.5) is 23.0 Å². The van der Waals surface area contributed by atoms with Crippen LogP contribution in [0.25, 0.3) is 20.4 Å². The molecule has 1 amide bonds. The lowest BCUT2D eigenvalue weighted by Gasteiger charge is -2.29. The van der Waals surface area contributed by atoms with E-state index in [2.05, 4.69) is 40.6 Å². The summed E-state index contributed by atoms with van der Waals surface area (Å²) in [5.41, 5.74) is 8.48. The third-order valence-electron chi connectivity index (χ3n) is 12.0. The largest absolute Gasteiger partial charge is 0.495 e. The molecule has 18 heteroatoms. The summed E-state index contributed by atoms with van der Waals surface area (Å²) < 4.78 is 16.3. The molecule has 63 heavy (non-hydrogen) atoms. The summed E-state index contributed by atoms with van der Waals surface area (Å²) >= 11 is 3.20. The van der Waals surface area contributed by atoms with Crippen molar-refractivity contribution < 1.29 is 34.0 Å². The highest BCUT2D eigenvalue weighted by Crippen LogP contribution is 2.44. The van der Waals surface area contributed by atoms with Crippen LogP contribution in [0.2, 0.25) is 0 Å². The Morgan fingerprint density at radius 2 is 1.27 bits per heavy atom. The van der Waals surface area contributed by atoms with Crippen LogP contribution in [0.5, 0.6) is 11.5 Å². The molecular formula is C45H47N9O7S2. The molecule has 4 aliphatic rings. The number of carboxylic acids is 1. The van der Waals surface area contributed by atoms with Gasteiger partial charge in [0, 0.05) is 48.3 Å². The molecule has 0 radical (unpaired) electrons.